The molecular formula is C36H33ClF6O. The zero-order valence-electron chi connectivity index (χ0n) is 24.3. The van der Waals surface area contributed by atoms with E-state index in [9.17, 15) is 8.78 Å². The van der Waals surface area contributed by atoms with Crippen LogP contribution in [0.15, 0.2) is 72.8 Å². The zero-order valence-corrected chi connectivity index (χ0v) is 25.0. The van der Waals surface area contributed by atoms with E-state index in [0.29, 0.717) is 28.2 Å². The quantitative estimate of drug-likeness (QED) is 0.125. The number of unbranched alkanes of at least 4 members (excludes halogenated alkanes) is 2. The predicted molar refractivity (Wildman–Crippen MR) is 162 cm³/mol. The van der Waals surface area contributed by atoms with Gasteiger partial charge in [0.2, 0.25) is 0 Å². The fraction of sp³-hybridized carbons (Fsp3) is 0.333. The summed E-state index contributed by atoms with van der Waals surface area (Å²) < 4.78 is 93.7. The van der Waals surface area contributed by atoms with Crippen LogP contribution in [0.5, 0.6) is 5.75 Å². The molecule has 0 bridgehead atoms. The van der Waals surface area contributed by atoms with E-state index in [-0.39, 0.29) is 22.3 Å². The average molecular weight is 631 g/mol. The van der Waals surface area contributed by atoms with Crippen LogP contribution < -0.4 is 4.74 Å². The summed E-state index contributed by atoms with van der Waals surface area (Å²) >= 11 is 5.71. The highest BCUT2D eigenvalue weighted by atomic mass is 35.5. The Morgan fingerprint density at radius 2 is 1.32 bits per heavy atom. The Bertz CT molecular complexity index is 1570. The topological polar surface area (TPSA) is 9.23 Å². The minimum atomic E-state index is -4.27. The molecule has 0 saturated heterocycles. The summed E-state index contributed by atoms with van der Waals surface area (Å²) in [6.07, 6.45) is 3.91. The fourth-order valence-electron chi connectivity index (χ4n) is 6.08. The van der Waals surface area contributed by atoms with Gasteiger partial charge in [0.25, 0.3) is 0 Å². The summed E-state index contributed by atoms with van der Waals surface area (Å²) in [5.41, 5.74) is 0.343. The van der Waals surface area contributed by atoms with Gasteiger partial charge in [0, 0.05) is 5.56 Å². The molecule has 4 aromatic carbocycles. The highest BCUT2D eigenvalue weighted by molar-refractivity contribution is 6.30. The molecule has 1 saturated carbocycles. The smallest absolute Gasteiger partial charge is 0.429 e. The van der Waals surface area contributed by atoms with Crippen molar-refractivity contribution in [3.05, 3.63) is 112 Å². The molecule has 0 unspecified atom stereocenters. The van der Waals surface area contributed by atoms with E-state index in [2.05, 4.69) is 6.92 Å². The van der Waals surface area contributed by atoms with E-state index >= 15 is 17.6 Å². The van der Waals surface area contributed by atoms with E-state index in [4.69, 9.17) is 16.3 Å². The molecule has 0 radical (unpaired) electrons. The zero-order chi connectivity index (χ0) is 31.4. The fourth-order valence-corrected chi connectivity index (χ4v) is 6.20. The summed E-state index contributed by atoms with van der Waals surface area (Å²) in [6.45, 7) is 2.16. The van der Waals surface area contributed by atoms with Crippen LogP contribution in [0.2, 0.25) is 5.02 Å². The largest absolute Gasteiger partial charge is 0.432 e. The third-order valence-electron chi connectivity index (χ3n) is 8.52. The van der Waals surface area contributed by atoms with Crippen LogP contribution >= 0.6 is 11.6 Å². The maximum atomic E-state index is 15.1. The van der Waals surface area contributed by atoms with Crippen LogP contribution in [0.1, 0.15) is 75.3 Å². The van der Waals surface area contributed by atoms with E-state index in [1.165, 1.54) is 61.4 Å². The van der Waals surface area contributed by atoms with Gasteiger partial charge in [-0.05, 0) is 102 Å². The highest BCUT2D eigenvalue weighted by Gasteiger charge is 2.41. The lowest BCUT2D eigenvalue weighted by Gasteiger charge is -2.29. The van der Waals surface area contributed by atoms with Gasteiger partial charge in [-0.15, -0.1) is 0 Å². The van der Waals surface area contributed by atoms with Gasteiger partial charge in [-0.2, -0.15) is 8.78 Å². The molecule has 4 aromatic rings. The average Bonchev–Trinajstić information content (AvgIpc) is 2.99. The van der Waals surface area contributed by atoms with E-state index in [1.807, 2.05) is 0 Å². The number of alkyl halides is 2. The summed E-state index contributed by atoms with van der Waals surface area (Å²) in [5.74, 6) is -3.77. The van der Waals surface area contributed by atoms with Gasteiger partial charge >= 0.3 is 6.11 Å². The summed E-state index contributed by atoms with van der Waals surface area (Å²) in [7, 11) is 0. The molecule has 0 aromatic heterocycles. The minimum Gasteiger partial charge on any atom is -0.429 e. The molecule has 0 heterocycles. The highest BCUT2D eigenvalue weighted by Crippen LogP contribution is 2.41. The molecule has 0 spiro atoms. The normalized spacial score (nSPS) is 17.1. The van der Waals surface area contributed by atoms with Crippen LogP contribution in [0, 0.1) is 29.2 Å². The molecule has 5 rings (SSSR count). The van der Waals surface area contributed by atoms with Crippen molar-refractivity contribution >= 4 is 11.6 Å². The van der Waals surface area contributed by atoms with Crippen molar-refractivity contribution in [1.29, 1.82) is 0 Å². The predicted octanol–water partition coefficient (Wildman–Crippen LogP) is 12.2. The molecule has 1 nitrogen and oxygen atoms in total. The van der Waals surface area contributed by atoms with Crippen molar-refractivity contribution in [2.24, 2.45) is 5.92 Å². The second-order valence-corrected chi connectivity index (χ2v) is 11.9. The lowest BCUT2D eigenvalue weighted by atomic mass is 9.77. The van der Waals surface area contributed by atoms with Gasteiger partial charge in [0.1, 0.15) is 34.6 Å². The Balaban J connectivity index is 1.26. The molecular weight excluding hydrogens is 598 g/mol. The van der Waals surface area contributed by atoms with Gasteiger partial charge in [-0.25, -0.2) is 17.6 Å². The third-order valence-corrected chi connectivity index (χ3v) is 8.83. The Morgan fingerprint density at radius 3 is 1.93 bits per heavy atom. The van der Waals surface area contributed by atoms with Crippen LogP contribution in [0.25, 0.3) is 22.3 Å². The second kappa shape index (κ2) is 13.7. The Morgan fingerprint density at radius 1 is 0.705 bits per heavy atom. The van der Waals surface area contributed by atoms with Crippen LogP contribution in [0.4, 0.5) is 26.3 Å². The van der Waals surface area contributed by atoms with Crippen molar-refractivity contribution in [3.63, 3.8) is 0 Å². The molecule has 1 aliphatic carbocycles. The van der Waals surface area contributed by atoms with Crippen molar-refractivity contribution in [1.82, 2.24) is 0 Å². The first-order chi connectivity index (χ1) is 21.1. The Labute approximate surface area is 258 Å². The lowest BCUT2D eigenvalue weighted by molar-refractivity contribution is -0.189. The van der Waals surface area contributed by atoms with E-state index in [0.717, 1.165) is 56.7 Å². The molecule has 1 aliphatic rings. The van der Waals surface area contributed by atoms with Crippen LogP contribution in [0.3, 0.4) is 0 Å². The van der Waals surface area contributed by atoms with Gasteiger partial charge in [-0.1, -0.05) is 74.5 Å². The Kier molecular flexibility index (Phi) is 9.94. The van der Waals surface area contributed by atoms with Crippen molar-refractivity contribution in [3.8, 4) is 28.0 Å². The summed E-state index contributed by atoms with van der Waals surface area (Å²) in [5, 5.41) is -0.0771. The number of rotatable bonds is 10. The van der Waals surface area contributed by atoms with E-state index in [1.54, 1.807) is 6.07 Å². The lowest BCUT2D eigenvalue weighted by Crippen LogP contribution is -2.25. The Hall–Kier alpha value is -3.45. The second-order valence-electron chi connectivity index (χ2n) is 11.5. The first-order valence-corrected chi connectivity index (χ1v) is 15.3. The molecule has 0 atom stereocenters. The van der Waals surface area contributed by atoms with Crippen LogP contribution in [-0.2, 0) is 6.11 Å². The first-order valence-electron chi connectivity index (χ1n) is 15.0. The van der Waals surface area contributed by atoms with Gasteiger partial charge in [0.05, 0.1) is 5.02 Å². The third kappa shape index (κ3) is 7.26. The minimum absolute atomic E-state index is 0.0659. The van der Waals surface area contributed by atoms with Gasteiger partial charge in [0.15, 0.2) is 0 Å². The molecule has 232 valence electrons. The number of halogens is 7. The van der Waals surface area contributed by atoms with E-state index < -0.39 is 34.9 Å². The summed E-state index contributed by atoms with van der Waals surface area (Å²) in [6, 6.07) is 15.6. The van der Waals surface area contributed by atoms with Crippen molar-refractivity contribution in [2.45, 2.75) is 70.3 Å². The number of ether oxygens (including phenoxy) is 1. The number of hydrogen-bond acceptors (Lipinski definition) is 1. The van der Waals surface area contributed by atoms with Crippen LogP contribution in [-0.4, -0.2) is 0 Å². The molecule has 44 heavy (non-hydrogen) atoms. The van der Waals surface area contributed by atoms with Gasteiger partial charge < -0.3 is 4.74 Å². The first kappa shape index (κ1) is 32.0. The van der Waals surface area contributed by atoms with Crippen molar-refractivity contribution in [2.75, 3.05) is 0 Å². The summed E-state index contributed by atoms with van der Waals surface area (Å²) in [4.78, 5) is 0. The van der Waals surface area contributed by atoms with Crippen molar-refractivity contribution < 1.29 is 31.1 Å². The molecule has 0 amide bonds. The maximum Gasteiger partial charge on any atom is 0.432 e. The maximum absolute atomic E-state index is 15.1. The standard InChI is InChI=1S/C36H33ClF6O/c1-2-3-4-5-22-6-8-24(9-7-22)27-20-33(40)35(34(41)21-27)36(42,43)44-28-14-10-23(11-15-28)25-12-16-29(31(38)18-25)26-13-17-30(37)32(39)19-26/h10-22,24H,2-9H2,1H3. The molecule has 0 N–H and O–H groups in total. The molecule has 1 fully saturated rings. The van der Waals surface area contributed by atoms with Gasteiger partial charge in [-0.3, -0.25) is 0 Å². The molecule has 8 heteroatoms. The monoisotopic (exact) mass is 630 g/mol. The number of hydrogen-bond donors (Lipinski definition) is 0. The molecule has 0 aliphatic heterocycles. The number of benzene rings is 4. The SMILES string of the molecule is CCCCCC1CCC(c2cc(F)c(C(F)(F)Oc3ccc(-c4ccc(-c5ccc(Cl)c(F)c5)c(F)c4)cc3)c(F)c2)CC1.